The van der Waals surface area contributed by atoms with Crippen LogP contribution in [0.15, 0.2) is 95.1 Å². The van der Waals surface area contributed by atoms with E-state index < -0.39 is 23.6 Å². The summed E-state index contributed by atoms with van der Waals surface area (Å²) in [6, 6.07) is 26.2. The summed E-state index contributed by atoms with van der Waals surface area (Å²) in [5, 5.41) is 14.0. The van der Waals surface area contributed by atoms with E-state index in [1.54, 1.807) is 36.4 Å². The molecule has 0 radical (unpaired) electrons. The Bertz CT molecular complexity index is 2270. The molecule has 2 aliphatic rings. The van der Waals surface area contributed by atoms with Crippen LogP contribution in [-0.2, 0) is 12.8 Å². The molecule has 0 unspecified atom stereocenters. The minimum absolute atomic E-state index is 0.447. The van der Waals surface area contributed by atoms with Crippen molar-refractivity contribution in [3.8, 4) is 0 Å². The van der Waals surface area contributed by atoms with Gasteiger partial charge in [-0.05, 0) is 83.0 Å². The number of nitrogens with zero attached hydrogens (tertiary/aromatic N) is 4. The van der Waals surface area contributed by atoms with Crippen molar-refractivity contribution in [2.75, 3.05) is 0 Å². The van der Waals surface area contributed by atoms with E-state index in [-0.39, 0.29) is 0 Å². The number of amides is 4. The second kappa shape index (κ2) is 23.3. The number of hydrogen-bond donors (Lipinski definition) is 0. The topological polar surface area (TPSA) is 99.5 Å². The van der Waals surface area contributed by atoms with Crippen molar-refractivity contribution in [2.24, 2.45) is 10.2 Å². The van der Waals surface area contributed by atoms with Crippen LogP contribution in [0.4, 0.5) is 0 Å². The van der Waals surface area contributed by atoms with Gasteiger partial charge in [-0.3, -0.25) is 19.2 Å². The molecular formula is C56H66N4O4. The van der Waals surface area contributed by atoms with Crippen LogP contribution in [0.5, 0.6) is 0 Å². The Morgan fingerprint density at radius 2 is 0.688 bits per heavy atom. The van der Waals surface area contributed by atoms with Gasteiger partial charge >= 0.3 is 0 Å². The predicted molar refractivity (Wildman–Crippen MR) is 262 cm³/mol. The fourth-order valence-electron chi connectivity index (χ4n) is 9.46. The number of unbranched alkanes of at least 4 members (excludes halogenated alkanes) is 18. The summed E-state index contributed by atoms with van der Waals surface area (Å²) in [5.41, 5.74) is 5.57. The molecule has 0 atom stereocenters. The Kier molecular flexibility index (Phi) is 16.8. The number of carbonyl (C=O) groups is 4. The SMILES string of the molecule is CCCCCCCCCCCCc1ccc2c3c(cccc13)C(=O)N(/N=C/c1ccc(/C=N/N3C(=O)c4cccc5c(CCCCCCCCCCCC)ccc(c45)C3=O)cc1)C2=O. The van der Waals surface area contributed by atoms with Gasteiger partial charge in [-0.1, -0.05) is 190 Å². The molecule has 2 aliphatic heterocycles. The Hall–Kier alpha value is -5.76. The first kappa shape index (κ1) is 46.2. The standard InChI is InChI=1S/C56H66N4O4/c1-3-5-7-9-11-13-15-17-19-21-25-43-35-37-49-51-45(43)27-23-29-47(51)53(61)59(55(49)63)57-39-41-31-33-42(34-32-41)40-58-60-54(62)48-30-24-28-46-44(36-38-50(52(46)48)56(60)64)26-22-20-18-16-14-12-10-8-6-4-2/h23-24,27-40H,3-22,25-26H2,1-2H3/b57-39+,58-40+. The van der Waals surface area contributed by atoms with Crippen LogP contribution in [-0.4, -0.2) is 46.1 Å². The van der Waals surface area contributed by atoms with Crippen LogP contribution in [0.25, 0.3) is 21.5 Å². The zero-order valence-electron chi connectivity index (χ0n) is 38.2. The number of aryl methyl sites for hydroxylation is 2. The van der Waals surface area contributed by atoms with E-state index in [2.05, 4.69) is 24.1 Å². The van der Waals surface area contributed by atoms with E-state index in [0.29, 0.717) is 44.2 Å². The van der Waals surface area contributed by atoms with Crippen LogP contribution in [0, 0.1) is 0 Å². The molecule has 8 nitrogen and oxygen atoms in total. The van der Waals surface area contributed by atoms with E-state index in [1.807, 2.05) is 48.5 Å². The molecule has 8 heteroatoms. The molecule has 2 heterocycles. The lowest BCUT2D eigenvalue weighted by atomic mass is 9.90. The van der Waals surface area contributed by atoms with Crippen molar-refractivity contribution < 1.29 is 19.2 Å². The third-order valence-electron chi connectivity index (χ3n) is 13.1. The number of imide groups is 2. The summed E-state index contributed by atoms with van der Waals surface area (Å²) in [4.78, 5) is 54.8. The van der Waals surface area contributed by atoms with Gasteiger partial charge in [0.2, 0.25) is 0 Å². The van der Waals surface area contributed by atoms with E-state index in [1.165, 1.54) is 139 Å². The quantitative estimate of drug-likeness (QED) is 0.0314. The number of rotatable bonds is 26. The molecule has 334 valence electrons. The second-order valence-electron chi connectivity index (χ2n) is 17.9. The molecular weight excluding hydrogens is 793 g/mol. The van der Waals surface area contributed by atoms with Crippen molar-refractivity contribution >= 4 is 57.6 Å². The summed E-state index contributed by atoms with van der Waals surface area (Å²) in [6.45, 7) is 4.51. The number of hydrazone groups is 2. The summed E-state index contributed by atoms with van der Waals surface area (Å²) in [7, 11) is 0. The largest absolute Gasteiger partial charge is 0.282 e. The molecule has 0 N–H and O–H groups in total. The third kappa shape index (κ3) is 11.1. The maximum absolute atomic E-state index is 13.7. The molecule has 0 saturated carbocycles. The van der Waals surface area contributed by atoms with E-state index in [9.17, 15) is 19.2 Å². The highest BCUT2D eigenvalue weighted by Crippen LogP contribution is 2.35. The van der Waals surface area contributed by atoms with E-state index >= 15 is 0 Å². The smallest absolute Gasteiger partial charge is 0.267 e. The Balaban J connectivity index is 0.930. The molecule has 0 fully saturated rings. The summed E-state index contributed by atoms with van der Waals surface area (Å²) < 4.78 is 0. The average molecular weight is 859 g/mol. The van der Waals surface area contributed by atoms with Crippen LogP contribution < -0.4 is 0 Å². The van der Waals surface area contributed by atoms with Gasteiger partial charge in [0.15, 0.2) is 0 Å². The molecule has 7 rings (SSSR count). The van der Waals surface area contributed by atoms with Gasteiger partial charge in [-0.25, -0.2) is 0 Å². The lowest BCUT2D eigenvalue weighted by Gasteiger charge is -2.24. The minimum Gasteiger partial charge on any atom is -0.267 e. The van der Waals surface area contributed by atoms with Crippen molar-refractivity contribution in [3.05, 3.63) is 129 Å². The van der Waals surface area contributed by atoms with Gasteiger partial charge in [0.25, 0.3) is 23.6 Å². The average Bonchev–Trinajstić information content (AvgIpc) is 3.31. The van der Waals surface area contributed by atoms with Crippen molar-refractivity contribution in [3.63, 3.8) is 0 Å². The van der Waals surface area contributed by atoms with Crippen LogP contribution >= 0.6 is 0 Å². The lowest BCUT2D eigenvalue weighted by Crippen LogP contribution is -2.36. The molecule has 4 amide bonds. The number of hydrogen-bond acceptors (Lipinski definition) is 6. The second-order valence-corrected chi connectivity index (χ2v) is 17.9. The van der Waals surface area contributed by atoms with E-state index in [4.69, 9.17) is 0 Å². The molecule has 64 heavy (non-hydrogen) atoms. The zero-order valence-corrected chi connectivity index (χ0v) is 38.2. The van der Waals surface area contributed by atoms with Gasteiger partial charge in [0.05, 0.1) is 34.7 Å². The maximum Gasteiger partial charge on any atom is 0.282 e. The van der Waals surface area contributed by atoms with E-state index in [0.717, 1.165) is 46.5 Å². The maximum atomic E-state index is 13.7. The monoisotopic (exact) mass is 859 g/mol. The molecule has 5 aromatic rings. The molecule has 0 spiro atoms. The lowest BCUT2D eigenvalue weighted by molar-refractivity contribution is 0.0601. The fraction of sp³-hybridized carbons (Fsp3) is 0.429. The number of carbonyl (C=O) groups excluding carboxylic acids is 4. The fourth-order valence-corrected chi connectivity index (χ4v) is 9.46. The zero-order chi connectivity index (χ0) is 44.7. The van der Waals surface area contributed by atoms with Crippen molar-refractivity contribution in [1.29, 1.82) is 0 Å². The highest BCUT2D eigenvalue weighted by molar-refractivity contribution is 6.27. The van der Waals surface area contributed by atoms with Crippen LogP contribution in [0.2, 0.25) is 0 Å². The molecule has 0 aromatic heterocycles. The molecule has 0 bridgehead atoms. The van der Waals surface area contributed by atoms with Gasteiger partial charge in [0, 0.05) is 10.8 Å². The Morgan fingerprint density at radius 1 is 0.375 bits per heavy atom. The summed E-state index contributed by atoms with van der Waals surface area (Å²) >= 11 is 0. The summed E-state index contributed by atoms with van der Waals surface area (Å²) in [5.74, 6) is -1.79. The van der Waals surface area contributed by atoms with Gasteiger partial charge in [-0.2, -0.15) is 20.2 Å². The van der Waals surface area contributed by atoms with Crippen LogP contribution in [0.1, 0.15) is 206 Å². The van der Waals surface area contributed by atoms with Gasteiger partial charge < -0.3 is 0 Å². The molecule has 0 aliphatic carbocycles. The van der Waals surface area contributed by atoms with Gasteiger partial charge in [-0.15, -0.1) is 0 Å². The first-order valence-corrected chi connectivity index (χ1v) is 24.5. The highest BCUT2D eigenvalue weighted by Gasteiger charge is 2.34. The Labute approximate surface area is 380 Å². The van der Waals surface area contributed by atoms with Crippen molar-refractivity contribution in [1.82, 2.24) is 10.0 Å². The van der Waals surface area contributed by atoms with Crippen LogP contribution in [0.3, 0.4) is 0 Å². The first-order chi connectivity index (χ1) is 31.4. The van der Waals surface area contributed by atoms with Gasteiger partial charge in [0.1, 0.15) is 0 Å². The first-order valence-electron chi connectivity index (χ1n) is 24.5. The highest BCUT2D eigenvalue weighted by atomic mass is 16.2. The predicted octanol–water partition coefficient (Wildman–Crippen LogP) is 14.2. The summed E-state index contributed by atoms with van der Waals surface area (Å²) in [6.07, 6.45) is 30.3. The molecule has 5 aromatic carbocycles. The number of benzene rings is 5. The molecule has 0 saturated heterocycles. The third-order valence-corrected chi connectivity index (χ3v) is 13.1. The van der Waals surface area contributed by atoms with Crippen molar-refractivity contribution in [2.45, 2.75) is 155 Å². The Morgan fingerprint density at radius 3 is 1.03 bits per heavy atom. The minimum atomic E-state index is -0.447. The normalized spacial score (nSPS) is 13.8.